The second-order valence-corrected chi connectivity index (χ2v) is 11.5. The quantitative estimate of drug-likeness (QED) is 0.0599. The minimum absolute atomic E-state index is 0.0194. The first-order valence-electron chi connectivity index (χ1n) is 16.0. The van der Waals surface area contributed by atoms with Crippen molar-refractivity contribution in [3.05, 3.63) is 80.8 Å². The van der Waals surface area contributed by atoms with E-state index in [9.17, 15) is 23.8 Å². The molecule has 2 N–H and O–H groups in total. The first kappa shape index (κ1) is 48.5. The highest BCUT2D eigenvalue weighted by atomic mass is 79.9. The van der Waals surface area contributed by atoms with Crippen molar-refractivity contribution in [1.29, 1.82) is 5.26 Å². The van der Waals surface area contributed by atoms with Crippen LogP contribution in [0.2, 0.25) is 5.02 Å². The number of aliphatic hydroxyl groups is 2. The molecule has 0 fully saturated rings. The molecule has 2 unspecified atom stereocenters. The van der Waals surface area contributed by atoms with Crippen molar-refractivity contribution in [2.75, 3.05) is 58.2 Å². The predicted molar refractivity (Wildman–Crippen MR) is 198 cm³/mol. The van der Waals surface area contributed by atoms with Gasteiger partial charge in [-0.25, -0.2) is 8.78 Å². The Labute approximate surface area is 320 Å². The Morgan fingerprint density at radius 1 is 0.863 bits per heavy atom. The largest absolute Gasteiger partial charge is 0.386 e. The third kappa shape index (κ3) is 19.2. The number of carbonyl (C=O) groups excluding carboxylic acids is 1. The number of aldehydes is 1. The minimum atomic E-state index is -1.12. The van der Waals surface area contributed by atoms with E-state index in [1.807, 2.05) is 33.8 Å². The molecule has 1 aromatic carbocycles. The van der Waals surface area contributed by atoms with Gasteiger partial charge in [0.2, 0.25) is 0 Å². The molecule has 2 atom stereocenters. The summed E-state index contributed by atoms with van der Waals surface area (Å²) < 4.78 is 52.9. The van der Waals surface area contributed by atoms with E-state index in [1.54, 1.807) is 25.1 Å². The molecule has 51 heavy (non-hydrogen) atoms. The third-order valence-electron chi connectivity index (χ3n) is 6.08. The Bertz CT molecular complexity index is 1420. The van der Waals surface area contributed by atoms with E-state index in [0.29, 0.717) is 54.2 Å². The first-order valence-corrected chi connectivity index (χ1v) is 18.2. The Balaban J connectivity index is 0.000000737. The molecule has 284 valence electrons. The van der Waals surface area contributed by atoms with E-state index in [0.717, 1.165) is 24.0 Å². The fourth-order valence-electron chi connectivity index (χ4n) is 3.83. The van der Waals surface area contributed by atoms with Crippen LogP contribution in [0.5, 0.6) is 0 Å². The topological polar surface area (TPSA) is 153 Å². The first-order chi connectivity index (χ1) is 24.5. The normalized spacial score (nSPS) is 11.5. The number of nitriles is 1. The van der Waals surface area contributed by atoms with Crippen LogP contribution in [-0.2, 0) is 28.5 Å². The molecule has 2 heterocycles. The van der Waals surface area contributed by atoms with Crippen molar-refractivity contribution in [1.82, 2.24) is 9.97 Å². The van der Waals surface area contributed by atoms with E-state index in [-0.39, 0.29) is 42.3 Å². The average Bonchev–Trinajstić information content (AvgIpc) is 3.12. The van der Waals surface area contributed by atoms with Gasteiger partial charge < -0.3 is 38.7 Å². The zero-order chi connectivity index (χ0) is 38.6. The summed E-state index contributed by atoms with van der Waals surface area (Å²) >= 11 is 12.4. The zero-order valence-electron chi connectivity index (χ0n) is 29.3. The lowest BCUT2D eigenvalue weighted by molar-refractivity contribution is -0.119. The summed E-state index contributed by atoms with van der Waals surface area (Å²) in [5.74, 6) is -1.16. The molecule has 0 saturated heterocycles. The van der Waals surface area contributed by atoms with Gasteiger partial charge in [-0.05, 0) is 68.2 Å². The van der Waals surface area contributed by atoms with Crippen molar-refractivity contribution in [2.24, 2.45) is 0 Å². The van der Waals surface area contributed by atoms with Crippen LogP contribution in [0.3, 0.4) is 0 Å². The van der Waals surface area contributed by atoms with Gasteiger partial charge in [-0.1, -0.05) is 33.6 Å². The van der Waals surface area contributed by atoms with Gasteiger partial charge in [-0.3, -0.25) is 9.97 Å². The maximum Gasteiger partial charge on any atom is 0.167 e. The van der Waals surface area contributed by atoms with Crippen LogP contribution in [0.4, 0.5) is 8.78 Å². The molecule has 11 nitrogen and oxygen atoms in total. The van der Waals surface area contributed by atoms with E-state index in [1.165, 1.54) is 12.4 Å². The molecule has 3 aromatic rings. The van der Waals surface area contributed by atoms with Crippen LogP contribution in [0.1, 0.15) is 63.5 Å². The molecule has 0 spiro atoms. The summed E-state index contributed by atoms with van der Waals surface area (Å²) in [6.07, 6.45) is 3.58. The molecule has 2 aromatic heterocycles. The maximum atomic E-state index is 14.1. The molecular weight excluding hydrogens is 824 g/mol. The number of ether oxygens (including phenoxy) is 5. The van der Waals surface area contributed by atoms with Gasteiger partial charge in [-0.15, -0.1) is 0 Å². The lowest BCUT2D eigenvalue weighted by Crippen LogP contribution is -2.18. The summed E-state index contributed by atoms with van der Waals surface area (Å²) in [6, 6.07) is 6.69. The number of hydrogen-bond donors (Lipinski definition) is 2. The van der Waals surface area contributed by atoms with Gasteiger partial charge >= 0.3 is 0 Å². The van der Waals surface area contributed by atoms with E-state index >= 15 is 0 Å². The summed E-state index contributed by atoms with van der Waals surface area (Å²) in [5.41, 5.74) is 1.60. The number of rotatable bonds is 17. The number of hydrogen-bond acceptors (Lipinski definition) is 11. The van der Waals surface area contributed by atoms with Gasteiger partial charge in [0.25, 0.3) is 0 Å². The molecule has 0 radical (unpaired) electrons. The van der Waals surface area contributed by atoms with Crippen molar-refractivity contribution in [3.8, 4) is 17.2 Å². The summed E-state index contributed by atoms with van der Waals surface area (Å²) in [4.78, 5) is 16.9. The number of pyridine rings is 2. The van der Waals surface area contributed by atoms with E-state index in [2.05, 4.69) is 46.6 Å². The number of aliphatic hydroxyl groups excluding tert-OH is 2. The molecular formula is C35H46Br2ClF2N3O8. The van der Waals surface area contributed by atoms with Crippen LogP contribution < -0.4 is 0 Å². The lowest BCUT2D eigenvalue weighted by Gasteiger charge is -2.16. The molecule has 0 aliphatic heterocycles. The Kier molecular flexibility index (Phi) is 28.6. The zero-order valence-corrected chi connectivity index (χ0v) is 33.2. The molecule has 0 saturated carbocycles. The van der Waals surface area contributed by atoms with Gasteiger partial charge in [0, 0.05) is 66.6 Å². The SMILES string of the molecule is CCOC(CBr)OCC.CCOCC(O)c1c(F)cncc1-c1ccc(C#N)c(Cl)c1.CCOCC(O)c1c(F)cncc1Br.CCOCC=O. The number of halogens is 5. The highest BCUT2D eigenvalue weighted by Gasteiger charge is 2.20. The van der Waals surface area contributed by atoms with Gasteiger partial charge in [0.15, 0.2) is 6.29 Å². The number of benzene rings is 1. The van der Waals surface area contributed by atoms with Crippen LogP contribution in [0.15, 0.2) is 47.5 Å². The van der Waals surface area contributed by atoms with Gasteiger partial charge in [0.1, 0.15) is 42.8 Å². The Morgan fingerprint density at radius 3 is 1.82 bits per heavy atom. The number of aromatic nitrogens is 2. The minimum Gasteiger partial charge on any atom is -0.386 e. The van der Waals surface area contributed by atoms with Gasteiger partial charge in [-0.2, -0.15) is 5.26 Å². The van der Waals surface area contributed by atoms with Crippen molar-refractivity contribution < 1.29 is 47.5 Å². The fraction of sp³-hybridized carbons (Fsp3) is 0.486. The number of nitrogens with zero attached hydrogens (tertiary/aromatic N) is 3. The van der Waals surface area contributed by atoms with Crippen molar-refractivity contribution >= 4 is 49.7 Å². The third-order valence-corrected chi connectivity index (χ3v) is 7.55. The molecule has 0 aliphatic rings. The Morgan fingerprint density at radius 2 is 1.39 bits per heavy atom. The average molecular weight is 870 g/mol. The molecule has 0 amide bonds. The van der Waals surface area contributed by atoms with Crippen LogP contribution in [-0.4, -0.2) is 90.9 Å². The van der Waals surface area contributed by atoms with Crippen molar-refractivity contribution in [2.45, 2.75) is 53.1 Å². The number of alkyl halides is 1. The lowest BCUT2D eigenvalue weighted by atomic mass is 9.97. The van der Waals surface area contributed by atoms with E-state index in [4.69, 9.17) is 35.8 Å². The molecule has 16 heteroatoms. The smallest absolute Gasteiger partial charge is 0.167 e. The highest BCUT2D eigenvalue weighted by molar-refractivity contribution is 9.10. The van der Waals surface area contributed by atoms with Crippen LogP contribution >= 0.6 is 43.5 Å². The molecule has 0 bridgehead atoms. The second-order valence-electron chi connectivity index (χ2n) is 9.58. The van der Waals surface area contributed by atoms with E-state index < -0.39 is 23.8 Å². The summed E-state index contributed by atoms with van der Waals surface area (Å²) in [6.45, 7) is 12.6. The van der Waals surface area contributed by atoms with Crippen LogP contribution in [0.25, 0.3) is 11.1 Å². The fourth-order valence-corrected chi connectivity index (χ4v) is 5.00. The van der Waals surface area contributed by atoms with Crippen molar-refractivity contribution in [3.63, 3.8) is 0 Å². The standard InChI is InChI=1S/C16H14ClFN2O2.C9H11BrFNO2.C6H13BrO2.C4H8O2/c1-2-22-9-15(21)16-12(7-20-8-14(16)18)10-3-4-11(6-19)13(17)5-10;1-2-14-5-8(13)9-6(10)3-12-4-7(9)11;1-3-8-6(5-7)9-4-2;1-2-6-4-3-5/h3-5,7-8,15,21H,2,9H2,1H3;3-4,8,13H,2,5H2,1H3;6H,3-5H2,1-2H3;3H,2,4H2,1H3. The van der Waals surface area contributed by atoms with Crippen LogP contribution in [0, 0.1) is 23.0 Å². The highest BCUT2D eigenvalue weighted by Crippen LogP contribution is 2.32. The summed E-state index contributed by atoms with van der Waals surface area (Å²) in [5, 5.41) is 29.7. The Hall–Kier alpha value is -2.49. The number of carbonyl (C=O) groups is 1. The predicted octanol–water partition coefficient (Wildman–Crippen LogP) is 7.54. The molecule has 0 aliphatic carbocycles. The summed E-state index contributed by atoms with van der Waals surface area (Å²) in [7, 11) is 0. The molecule has 3 rings (SSSR count). The van der Waals surface area contributed by atoms with Gasteiger partial charge in [0.05, 0.1) is 41.5 Å². The second kappa shape index (κ2) is 30.0. The maximum absolute atomic E-state index is 14.1. The monoisotopic (exact) mass is 867 g/mol.